The highest BCUT2D eigenvalue weighted by molar-refractivity contribution is 5.75. The van der Waals surface area contributed by atoms with Crippen molar-refractivity contribution < 1.29 is 13.9 Å². The first-order valence-electron chi connectivity index (χ1n) is 5.48. The molecule has 0 saturated heterocycles. The number of carbonyl (C=O) groups is 1. The molecule has 0 aliphatic rings. The lowest BCUT2D eigenvalue weighted by Gasteiger charge is -2.15. The number of esters is 1. The van der Waals surface area contributed by atoms with Crippen molar-refractivity contribution in [3.8, 4) is 0 Å². The molecule has 0 unspecified atom stereocenters. The van der Waals surface area contributed by atoms with Crippen LogP contribution in [-0.2, 0) is 16.1 Å². The topological polar surface area (TPSA) is 52.3 Å². The maximum absolute atomic E-state index is 11.6. The largest absolute Gasteiger partial charge is 0.455 e. The zero-order valence-corrected chi connectivity index (χ0v) is 10.2. The lowest BCUT2D eigenvalue weighted by Crippen LogP contribution is -2.22. The van der Waals surface area contributed by atoms with Crippen LogP contribution < -0.4 is 0 Å². The van der Waals surface area contributed by atoms with Gasteiger partial charge in [-0.15, -0.1) is 0 Å². The van der Waals surface area contributed by atoms with Crippen LogP contribution >= 0.6 is 0 Å². The summed E-state index contributed by atoms with van der Waals surface area (Å²) in [6.07, 6.45) is 0. The van der Waals surface area contributed by atoms with Crippen LogP contribution in [0.25, 0.3) is 11.1 Å². The van der Waals surface area contributed by atoms with Gasteiger partial charge in [0.1, 0.15) is 5.52 Å². The van der Waals surface area contributed by atoms with Gasteiger partial charge in [0.2, 0.25) is 5.89 Å². The number of ether oxygens (including phenoxy) is 1. The van der Waals surface area contributed by atoms with Crippen molar-refractivity contribution in [3.63, 3.8) is 0 Å². The standard InChI is InChI=1S/C13H15NO3/c1-13(2,3)12(15)16-8-11-14-9-6-4-5-7-10(9)17-11/h4-7H,8H2,1-3H3. The Morgan fingerprint density at radius 2 is 2.06 bits per heavy atom. The Bertz CT molecular complexity index is 504. The summed E-state index contributed by atoms with van der Waals surface area (Å²) in [4.78, 5) is 15.8. The molecule has 0 bridgehead atoms. The van der Waals surface area contributed by atoms with Crippen molar-refractivity contribution in [1.29, 1.82) is 0 Å². The molecule has 4 heteroatoms. The van der Waals surface area contributed by atoms with Gasteiger partial charge in [-0.05, 0) is 32.9 Å². The van der Waals surface area contributed by atoms with Gasteiger partial charge < -0.3 is 9.15 Å². The summed E-state index contributed by atoms with van der Waals surface area (Å²) in [5.41, 5.74) is 0.968. The lowest BCUT2D eigenvalue weighted by molar-refractivity contribution is -0.155. The second kappa shape index (κ2) is 4.20. The average molecular weight is 233 g/mol. The van der Waals surface area contributed by atoms with Gasteiger partial charge in [0.25, 0.3) is 0 Å². The number of nitrogens with zero attached hydrogens (tertiary/aromatic N) is 1. The number of benzene rings is 1. The van der Waals surface area contributed by atoms with Gasteiger partial charge in [-0.2, -0.15) is 0 Å². The highest BCUT2D eigenvalue weighted by Crippen LogP contribution is 2.18. The third-order valence-corrected chi connectivity index (χ3v) is 2.28. The quantitative estimate of drug-likeness (QED) is 0.748. The van der Waals surface area contributed by atoms with E-state index in [0.717, 1.165) is 5.52 Å². The summed E-state index contributed by atoms with van der Waals surface area (Å²) in [6.45, 7) is 5.50. The van der Waals surface area contributed by atoms with Crippen LogP contribution in [0.4, 0.5) is 0 Å². The SMILES string of the molecule is CC(C)(C)C(=O)OCc1nc2ccccc2o1. The van der Waals surface area contributed by atoms with Gasteiger partial charge in [0.05, 0.1) is 5.41 Å². The molecule has 0 saturated carbocycles. The number of rotatable bonds is 2. The summed E-state index contributed by atoms with van der Waals surface area (Å²) >= 11 is 0. The number of hydrogen-bond donors (Lipinski definition) is 0. The van der Waals surface area contributed by atoms with Gasteiger partial charge in [0, 0.05) is 0 Å². The number of oxazole rings is 1. The van der Waals surface area contributed by atoms with E-state index in [2.05, 4.69) is 4.98 Å². The number of aromatic nitrogens is 1. The van der Waals surface area contributed by atoms with Crippen molar-refractivity contribution in [2.45, 2.75) is 27.4 Å². The molecule has 1 aromatic heterocycles. The van der Waals surface area contributed by atoms with Crippen molar-refractivity contribution in [3.05, 3.63) is 30.2 Å². The predicted octanol–water partition coefficient (Wildman–Crippen LogP) is 2.92. The molecule has 0 spiro atoms. The van der Waals surface area contributed by atoms with Crippen molar-refractivity contribution in [2.24, 2.45) is 5.41 Å². The van der Waals surface area contributed by atoms with Gasteiger partial charge >= 0.3 is 5.97 Å². The second-order valence-electron chi connectivity index (χ2n) is 4.90. The summed E-state index contributed by atoms with van der Waals surface area (Å²) in [5.74, 6) is 0.156. The maximum atomic E-state index is 11.6. The number of fused-ring (bicyclic) bond motifs is 1. The Kier molecular flexibility index (Phi) is 2.88. The van der Waals surface area contributed by atoms with E-state index in [-0.39, 0.29) is 12.6 Å². The normalized spacial score (nSPS) is 11.7. The molecule has 0 aliphatic carbocycles. The molecule has 0 N–H and O–H groups in total. The molecule has 90 valence electrons. The van der Waals surface area contributed by atoms with Gasteiger partial charge in [-0.1, -0.05) is 12.1 Å². The zero-order chi connectivity index (χ0) is 12.5. The highest BCUT2D eigenvalue weighted by atomic mass is 16.5. The summed E-state index contributed by atoms with van der Waals surface area (Å²) in [5, 5.41) is 0. The first-order chi connectivity index (χ1) is 7.97. The first kappa shape index (κ1) is 11.6. The molecule has 1 aromatic carbocycles. The average Bonchev–Trinajstić information content (AvgIpc) is 2.66. The fraction of sp³-hybridized carbons (Fsp3) is 0.385. The van der Waals surface area contributed by atoms with E-state index < -0.39 is 5.41 Å². The fourth-order valence-electron chi connectivity index (χ4n) is 1.33. The fourth-order valence-corrected chi connectivity index (χ4v) is 1.33. The minimum absolute atomic E-state index is 0.0742. The van der Waals surface area contributed by atoms with Crippen LogP contribution in [0, 0.1) is 5.41 Å². The Hall–Kier alpha value is -1.84. The molecular weight excluding hydrogens is 218 g/mol. The third-order valence-electron chi connectivity index (χ3n) is 2.28. The molecule has 1 heterocycles. The van der Waals surface area contributed by atoms with Crippen LogP contribution in [0.2, 0.25) is 0 Å². The van der Waals surface area contributed by atoms with E-state index in [4.69, 9.17) is 9.15 Å². The van der Waals surface area contributed by atoms with Gasteiger partial charge in [-0.25, -0.2) is 4.98 Å². The van der Waals surface area contributed by atoms with E-state index in [9.17, 15) is 4.79 Å². The monoisotopic (exact) mass is 233 g/mol. The van der Waals surface area contributed by atoms with Crippen LogP contribution in [0.3, 0.4) is 0 Å². The van der Waals surface area contributed by atoms with E-state index in [1.807, 2.05) is 24.3 Å². The highest BCUT2D eigenvalue weighted by Gasteiger charge is 2.23. The van der Waals surface area contributed by atoms with E-state index >= 15 is 0 Å². The molecule has 17 heavy (non-hydrogen) atoms. The Balaban J connectivity index is 2.07. The van der Waals surface area contributed by atoms with Crippen LogP contribution in [0.1, 0.15) is 26.7 Å². The van der Waals surface area contributed by atoms with Gasteiger partial charge in [0.15, 0.2) is 12.2 Å². The molecule has 2 aromatic rings. The molecule has 0 amide bonds. The molecule has 4 nitrogen and oxygen atoms in total. The van der Waals surface area contributed by atoms with Crippen LogP contribution in [0.15, 0.2) is 28.7 Å². The zero-order valence-electron chi connectivity index (χ0n) is 10.2. The van der Waals surface area contributed by atoms with E-state index in [0.29, 0.717) is 11.5 Å². The molecular formula is C13H15NO3. The first-order valence-corrected chi connectivity index (χ1v) is 5.48. The maximum Gasteiger partial charge on any atom is 0.311 e. The van der Waals surface area contributed by atoms with Crippen LogP contribution in [0.5, 0.6) is 0 Å². The Labute approximate surface area is 99.6 Å². The molecule has 0 radical (unpaired) electrons. The van der Waals surface area contributed by atoms with Gasteiger partial charge in [-0.3, -0.25) is 4.79 Å². The molecule has 0 fully saturated rings. The summed E-state index contributed by atoms with van der Waals surface area (Å²) in [6, 6.07) is 7.44. The number of hydrogen-bond acceptors (Lipinski definition) is 4. The third kappa shape index (κ3) is 2.64. The molecule has 2 rings (SSSR count). The minimum Gasteiger partial charge on any atom is -0.455 e. The van der Waals surface area contributed by atoms with E-state index in [1.165, 1.54) is 0 Å². The van der Waals surface area contributed by atoms with Crippen molar-refractivity contribution in [1.82, 2.24) is 4.98 Å². The minimum atomic E-state index is -0.508. The molecule has 0 aliphatic heterocycles. The predicted molar refractivity (Wildman–Crippen MR) is 63.3 cm³/mol. The number of para-hydroxylation sites is 2. The smallest absolute Gasteiger partial charge is 0.311 e. The summed E-state index contributed by atoms with van der Waals surface area (Å²) < 4.78 is 10.6. The lowest BCUT2D eigenvalue weighted by atomic mass is 9.97. The molecule has 0 atom stereocenters. The number of carbonyl (C=O) groups excluding carboxylic acids is 1. The Morgan fingerprint density at radius 3 is 2.71 bits per heavy atom. The summed E-state index contributed by atoms with van der Waals surface area (Å²) in [7, 11) is 0. The van der Waals surface area contributed by atoms with Crippen molar-refractivity contribution in [2.75, 3.05) is 0 Å². The van der Waals surface area contributed by atoms with Crippen molar-refractivity contribution >= 4 is 17.1 Å². The second-order valence-corrected chi connectivity index (χ2v) is 4.90. The van der Waals surface area contributed by atoms with Crippen LogP contribution in [-0.4, -0.2) is 11.0 Å². The Morgan fingerprint density at radius 1 is 1.35 bits per heavy atom. The van der Waals surface area contributed by atoms with E-state index in [1.54, 1.807) is 20.8 Å².